The number of hydrogen-bond acceptors (Lipinski definition) is 4. The number of hydrogen-bond donors (Lipinski definition) is 1. The Kier molecular flexibility index (Phi) is 4.31. The highest BCUT2D eigenvalue weighted by molar-refractivity contribution is 6.07. The van der Waals surface area contributed by atoms with E-state index in [2.05, 4.69) is 5.32 Å². The molecular weight excluding hydrogens is 311 g/mol. The van der Waals surface area contributed by atoms with E-state index in [1.807, 2.05) is 6.92 Å². The quantitative estimate of drug-likeness (QED) is 0.876. The maximum Gasteiger partial charge on any atom is 0.286 e. The molecule has 2 aromatic rings. The van der Waals surface area contributed by atoms with E-state index in [9.17, 15) is 14.0 Å². The highest BCUT2D eigenvalue weighted by atomic mass is 19.1. The smallest absolute Gasteiger partial charge is 0.286 e. The van der Waals surface area contributed by atoms with Crippen molar-refractivity contribution in [1.29, 1.82) is 0 Å². The van der Waals surface area contributed by atoms with Gasteiger partial charge in [-0.05, 0) is 49.2 Å². The first-order valence-electron chi connectivity index (χ1n) is 7.60. The minimum Gasteiger partial charge on any atom is -0.352 e. The number of carbonyl (C=O) groups is 2. The van der Waals surface area contributed by atoms with Crippen LogP contribution in [0.1, 0.15) is 27.9 Å². The molecule has 1 N–H and O–H groups in total. The second kappa shape index (κ2) is 6.41. The molecule has 0 spiro atoms. The summed E-state index contributed by atoms with van der Waals surface area (Å²) in [6.07, 6.45) is 0.174. The lowest BCUT2D eigenvalue weighted by Crippen LogP contribution is -2.31. The van der Waals surface area contributed by atoms with Crippen LogP contribution in [-0.4, -0.2) is 23.5 Å². The third-order valence-electron chi connectivity index (χ3n) is 3.75. The van der Waals surface area contributed by atoms with Gasteiger partial charge in [0, 0.05) is 0 Å². The van der Waals surface area contributed by atoms with Gasteiger partial charge in [0.05, 0.1) is 30.0 Å². The van der Waals surface area contributed by atoms with Crippen molar-refractivity contribution < 1.29 is 18.8 Å². The number of rotatable bonds is 3. The molecule has 1 fully saturated rings. The third kappa shape index (κ3) is 3.14. The van der Waals surface area contributed by atoms with Crippen LogP contribution >= 0.6 is 0 Å². The molecule has 1 heterocycles. The van der Waals surface area contributed by atoms with Gasteiger partial charge in [0.1, 0.15) is 5.82 Å². The maximum absolute atomic E-state index is 14.1. The van der Waals surface area contributed by atoms with Crippen molar-refractivity contribution >= 4 is 23.2 Å². The number of amides is 2. The van der Waals surface area contributed by atoms with Crippen LogP contribution in [0.4, 0.5) is 15.8 Å². The second-order valence-corrected chi connectivity index (χ2v) is 5.73. The van der Waals surface area contributed by atoms with Crippen molar-refractivity contribution in [3.8, 4) is 0 Å². The van der Waals surface area contributed by atoms with Crippen molar-refractivity contribution in [3.63, 3.8) is 0 Å². The topological polar surface area (TPSA) is 58.6 Å². The Hall–Kier alpha value is -2.73. The summed E-state index contributed by atoms with van der Waals surface area (Å²) < 4.78 is 14.1. The minimum atomic E-state index is -0.562. The fourth-order valence-corrected chi connectivity index (χ4v) is 2.49. The fraction of sp³-hybridized carbons (Fsp3) is 0.222. The summed E-state index contributed by atoms with van der Waals surface area (Å²) >= 11 is 0. The van der Waals surface area contributed by atoms with Gasteiger partial charge in [-0.2, -0.15) is 0 Å². The maximum atomic E-state index is 14.1. The monoisotopic (exact) mass is 328 g/mol. The molecule has 0 unspecified atom stereocenters. The molecule has 0 aliphatic carbocycles. The van der Waals surface area contributed by atoms with E-state index >= 15 is 0 Å². The predicted molar refractivity (Wildman–Crippen MR) is 87.3 cm³/mol. The van der Waals surface area contributed by atoms with Gasteiger partial charge in [-0.3, -0.25) is 14.4 Å². The molecule has 5 nitrogen and oxygen atoms in total. The molecule has 0 radical (unpaired) electrons. The van der Waals surface area contributed by atoms with Crippen molar-refractivity contribution in [3.05, 3.63) is 58.9 Å². The van der Waals surface area contributed by atoms with E-state index in [0.717, 1.165) is 16.2 Å². The van der Waals surface area contributed by atoms with Crippen molar-refractivity contribution in [2.45, 2.75) is 20.3 Å². The SMILES string of the molecule is Cc1ccc(Nc2cc(C)ccc2C(=O)N2OCCC2=O)c(F)c1. The third-order valence-corrected chi connectivity index (χ3v) is 3.75. The van der Waals surface area contributed by atoms with E-state index in [0.29, 0.717) is 5.69 Å². The predicted octanol–water partition coefficient (Wildman–Crippen LogP) is 3.49. The number of benzene rings is 2. The zero-order chi connectivity index (χ0) is 17.3. The van der Waals surface area contributed by atoms with E-state index < -0.39 is 11.7 Å². The van der Waals surface area contributed by atoms with Crippen molar-refractivity contribution in [2.75, 3.05) is 11.9 Å². The summed E-state index contributed by atoms with van der Waals surface area (Å²) in [5, 5.41) is 3.70. The van der Waals surface area contributed by atoms with Crippen LogP contribution in [-0.2, 0) is 9.63 Å². The van der Waals surface area contributed by atoms with Crippen LogP contribution in [0.5, 0.6) is 0 Å². The van der Waals surface area contributed by atoms with Crippen LogP contribution in [0.25, 0.3) is 0 Å². The van der Waals surface area contributed by atoms with Crippen LogP contribution in [0.3, 0.4) is 0 Å². The zero-order valence-corrected chi connectivity index (χ0v) is 13.4. The van der Waals surface area contributed by atoms with Crippen molar-refractivity contribution in [1.82, 2.24) is 5.06 Å². The molecule has 0 aromatic heterocycles. The summed E-state index contributed by atoms with van der Waals surface area (Å²) in [7, 11) is 0. The lowest BCUT2D eigenvalue weighted by Gasteiger charge is -2.17. The highest BCUT2D eigenvalue weighted by Crippen LogP contribution is 2.27. The summed E-state index contributed by atoms with van der Waals surface area (Å²) in [5.41, 5.74) is 2.63. The van der Waals surface area contributed by atoms with Crippen LogP contribution in [0.15, 0.2) is 36.4 Å². The van der Waals surface area contributed by atoms with Crippen molar-refractivity contribution in [2.24, 2.45) is 0 Å². The Morgan fingerprint density at radius 1 is 1.12 bits per heavy atom. The number of anilines is 2. The number of halogens is 1. The van der Waals surface area contributed by atoms with Crippen LogP contribution in [0.2, 0.25) is 0 Å². The average molecular weight is 328 g/mol. The second-order valence-electron chi connectivity index (χ2n) is 5.73. The molecule has 24 heavy (non-hydrogen) atoms. The normalized spacial score (nSPS) is 14.1. The molecule has 6 heteroatoms. The molecule has 3 rings (SSSR count). The van der Waals surface area contributed by atoms with Crippen LogP contribution < -0.4 is 5.32 Å². The number of carbonyl (C=O) groups excluding carboxylic acids is 2. The number of nitrogens with zero attached hydrogens (tertiary/aromatic N) is 1. The summed E-state index contributed by atoms with van der Waals surface area (Å²) in [4.78, 5) is 29.4. The number of hydroxylamine groups is 2. The Labute approximate surface area is 139 Å². The lowest BCUT2D eigenvalue weighted by atomic mass is 10.1. The largest absolute Gasteiger partial charge is 0.352 e. The van der Waals surface area contributed by atoms with Gasteiger partial charge in [-0.25, -0.2) is 4.39 Å². The lowest BCUT2D eigenvalue weighted by molar-refractivity contribution is -0.148. The average Bonchev–Trinajstić information content (AvgIpc) is 2.96. The first-order valence-corrected chi connectivity index (χ1v) is 7.60. The van der Waals surface area contributed by atoms with E-state index in [1.165, 1.54) is 6.07 Å². The highest BCUT2D eigenvalue weighted by Gasteiger charge is 2.30. The molecule has 1 saturated heterocycles. The van der Waals surface area contributed by atoms with E-state index in [4.69, 9.17) is 4.84 Å². The summed E-state index contributed by atoms with van der Waals surface area (Å²) in [6.45, 7) is 3.85. The van der Waals surface area contributed by atoms with E-state index in [-0.39, 0.29) is 30.2 Å². The molecular formula is C18H17FN2O3. The molecule has 1 aliphatic rings. The summed E-state index contributed by atoms with van der Waals surface area (Å²) in [6, 6.07) is 9.87. The summed E-state index contributed by atoms with van der Waals surface area (Å²) in [5.74, 6) is -1.36. The molecule has 2 amide bonds. The molecule has 0 saturated carbocycles. The Morgan fingerprint density at radius 3 is 2.50 bits per heavy atom. The molecule has 2 aromatic carbocycles. The van der Waals surface area contributed by atoms with E-state index in [1.54, 1.807) is 37.3 Å². The van der Waals surface area contributed by atoms with Crippen LogP contribution in [0, 0.1) is 19.7 Å². The zero-order valence-electron chi connectivity index (χ0n) is 13.4. The first-order chi connectivity index (χ1) is 11.5. The fourth-order valence-electron chi connectivity index (χ4n) is 2.49. The molecule has 0 atom stereocenters. The number of aryl methyl sites for hydroxylation is 2. The first kappa shape index (κ1) is 16.1. The van der Waals surface area contributed by atoms with Gasteiger partial charge >= 0.3 is 0 Å². The van der Waals surface area contributed by atoms with Gasteiger partial charge in [0.15, 0.2) is 0 Å². The van der Waals surface area contributed by atoms with Gasteiger partial charge in [0.25, 0.3) is 11.8 Å². The Balaban J connectivity index is 1.96. The Bertz CT molecular complexity index is 820. The standard InChI is InChI=1S/C18H17FN2O3/c1-11-4-6-15(14(19)9-11)20-16-10-12(2)3-5-13(16)18(23)21-17(22)7-8-24-21/h3-6,9-10,20H,7-8H2,1-2H3. The van der Waals surface area contributed by atoms with Gasteiger partial charge < -0.3 is 5.32 Å². The molecule has 0 bridgehead atoms. The van der Waals surface area contributed by atoms with Gasteiger partial charge in [-0.15, -0.1) is 5.06 Å². The van der Waals surface area contributed by atoms with Gasteiger partial charge in [-0.1, -0.05) is 12.1 Å². The minimum absolute atomic E-state index is 0.174. The number of nitrogens with one attached hydrogen (secondary N) is 1. The van der Waals surface area contributed by atoms with Gasteiger partial charge in [0.2, 0.25) is 0 Å². The molecule has 1 aliphatic heterocycles. The number of imide groups is 1. The molecule has 124 valence electrons. The Morgan fingerprint density at radius 2 is 1.83 bits per heavy atom.